The Labute approximate surface area is 232 Å². The number of benzene rings is 2. The van der Waals surface area contributed by atoms with E-state index in [2.05, 4.69) is 20.5 Å². The Balaban J connectivity index is -0.00000148. The fourth-order valence-corrected chi connectivity index (χ4v) is 2.80. The van der Waals surface area contributed by atoms with Crippen LogP contribution in [0.2, 0.25) is 0 Å². The molecule has 216 valence electrons. The van der Waals surface area contributed by atoms with Crippen molar-refractivity contribution < 1.29 is 24.3 Å². The van der Waals surface area contributed by atoms with Crippen LogP contribution in [0.1, 0.15) is 53.7 Å². The first kappa shape index (κ1) is 39.3. The van der Waals surface area contributed by atoms with Gasteiger partial charge in [0, 0.05) is 36.6 Å². The molecule has 0 radical (unpaired) electrons. The van der Waals surface area contributed by atoms with Gasteiger partial charge in [-0.25, -0.2) is 4.99 Å². The number of nitrogens with zero attached hydrogens (tertiary/aromatic N) is 3. The molecule has 0 aliphatic heterocycles. The molecule has 0 fully saturated rings. The zero-order chi connectivity index (χ0) is 30.5. The standard InChI is InChI=1S/C23H30N6O2.C2H6.CH4O.2CH2O/c1-17-9-11-18(12-10-17)23(29-31-2)28-14-6-5-13-26-15-16-27-21(24)19-7-3-4-8-20(19)22(25)30;4*1-2/h3-4,7-12,14,26H,5-6,13,15-16H2,1-2H3,(H2,24,27)(H2,25,30);1-2H3;2H,1H3;2*1H2/b28-14?,29-23-;;;;. The lowest BCUT2D eigenvalue weighted by Crippen LogP contribution is -2.24. The lowest BCUT2D eigenvalue weighted by atomic mass is 10.1. The number of nitrogens with one attached hydrogen (secondary N) is 1. The van der Waals surface area contributed by atoms with Crippen molar-refractivity contribution in [2.75, 3.05) is 33.9 Å². The molecule has 1 amide bonds. The molecule has 0 atom stereocenters. The highest BCUT2D eigenvalue weighted by atomic mass is 16.6. The summed E-state index contributed by atoms with van der Waals surface area (Å²) >= 11 is 0. The van der Waals surface area contributed by atoms with E-state index in [1.165, 1.54) is 12.7 Å². The summed E-state index contributed by atoms with van der Waals surface area (Å²) in [4.78, 5) is 41.1. The van der Waals surface area contributed by atoms with Gasteiger partial charge < -0.3 is 36.3 Å². The molecule has 11 nitrogen and oxygen atoms in total. The van der Waals surface area contributed by atoms with Gasteiger partial charge in [0.05, 0.1) is 6.54 Å². The SMILES string of the molecule is C=O.C=O.CC.CO.CO/N=C(\N=CCCCNCCN=C(N)c1ccccc1C(N)=O)c1ccc(C)cc1. The molecule has 0 bridgehead atoms. The van der Waals surface area contributed by atoms with Gasteiger partial charge >= 0.3 is 0 Å². The average Bonchev–Trinajstić information content (AvgIpc) is 3.00. The molecule has 0 heterocycles. The van der Waals surface area contributed by atoms with E-state index in [0.29, 0.717) is 35.9 Å². The number of amides is 1. The third-order valence-electron chi connectivity index (χ3n) is 4.43. The molecule has 0 aromatic heterocycles. The highest BCUT2D eigenvalue weighted by molar-refractivity contribution is 6.08. The van der Waals surface area contributed by atoms with Crippen LogP contribution >= 0.6 is 0 Å². The molecule has 0 saturated heterocycles. The molecule has 2 aromatic rings. The normalized spacial score (nSPS) is 10.3. The van der Waals surface area contributed by atoms with Gasteiger partial charge in [0.25, 0.3) is 0 Å². The van der Waals surface area contributed by atoms with Crippen molar-refractivity contribution in [1.29, 1.82) is 0 Å². The first-order valence-corrected chi connectivity index (χ1v) is 12.2. The summed E-state index contributed by atoms with van der Waals surface area (Å²) in [5.41, 5.74) is 14.4. The number of primary amides is 1. The maximum atomic E-state index is 11.5. The van der Waals surface area contributed by atoms with Crippen molar-refractivity contribution in [3.63, 3.8) is 0 Å². The van der Waals surface area contributed by atoms with E-state index in [-0.39, 0.29) is 0 Å². The monoisotopic (exact) mass is 544 g/mol. The summed E-state index contributed by atoms with van der Waals surface area (Å²) in [6.07, 6.45) is 3.57. The maximum absolute atomic E-state index is 11.5. The van der Waals surface area contributed by atoms with E-state index in [4.69, 9.17) is 31.0 Å². The van der Waals surface area contributed by atoms with E-state index in [1.54, 1.807) is 24.3 Å². The van der Waals surface area contributed by atoms with Gasteiger partial charge in [-0.1, -0.05) is 67.0 Å². The van der Waals surface area contributed by atoms with E-state index >= 15 is 0 Å². The number of amidine groups is 2. The molecule has 11 heteroatoms. The Hall–Kier alpha value is -4.22. The summed E-state index contributed by atoms with van der Waals surface area (Å²) in [6, 6.07) is 14.9. The zero-order valence-electron chi connectivity index (χ0n) is 23.7. The summed E-state index contributed by atoms with van der Waals surface area (Å²) in [6.45, 7) is 12.0. The van der Waals surface area contributed by atoms with Crippen LogP contribution in [0.4, 0.5) is 0 Å². The zero-order valence-corrected chi connectivity index (χ0v) is 23.7. The maximum Gasteiger partial charge on any atom is 0.249 e. The van der Waals surface area contributed by atoms with Crippen LogP contribution in [0.15, 0.2) is 63.7 Å². The topological polar surface area (TPSA) is 182 Å². The number of unbranched alkanes of at least 4 members (excludes halogenated alkanes) is 1. The van der Waals surface area contributed by atoms with Gasteiger partial charge in [-0.3, -0.25) is 9.79 Å². The number of aryl methyl sites for hydroxylation is 1. The minimum Gasteiger partial charge on any atom is -0.400 e. The molecule has 39 heavy (non-hydrogen) atoms. The highest BCUT2D eigenvalue weighted by Crippen LogP contribution is 2.08. The number of aliphatic hydroxyl groups is 1. The van der Waals surface area contributed by atoms with Crippen LogP contribution in [0.3, 0.4) is 0 Å². The van der Waals surface area contributed by atoms with Gasteiger partial charge in [-0.05, 0) is 32.4 Å². The number of carbonyl (C=O) groups excluding carboxylic acids is 3. The van der Waals surface area contributed by atoms with E-state index < -0.39 is 5.91 Å². The fraction of sp³-hybridized carbons (Fsp3) is 0.357. The Bertz CT molecular complexity index is 977. The number of aliphatic imine (C=N–C) groups is 2. The molecule has 0 spiro atoms. The largest absolute Gasteiger partial charge is 0.400 e. The Kier molecular flexibility index (Phi) is 28.6. The van der Waals surface area contributed by atoms with Crippen molar-refractivity contribution >= 4 is 37.4 Å². The van der Waals surface area contributed by atoms with Crippen molar-refractivity contribution in [2.45, 2.75) is 33.6 Å². The summed E-state index contributed by atoms with van der Waals surface area (Å²) < 4.78 is 0. The Morgan fingerprint density at radius 3 is 2.08 bits per heavy atom. The third kappa shape index (κ3) is 17.8. The minimum absolute atomic E-state index is 0.310. The number of hydrogen-bond acceptors (Lipinski definition) is 8. The van der Waals surface area contributed by atoms with Crippen LogP contribution in [0.5, 0.6) is 0 Å². The van der Waals surface area contributed by atoms with E-state index in [9.17, 15) is 4.79 Å². The van der Waals surface area contributed by atoms with Crippen molar-refractivity contribution in [1.82, 2.24) is 5.32 Å². The molecule has 0 unspecified atom stereocenters. The average molecular weight is 545 g/mol. The lowest BCUT2D eigenvalue weighted by molar-refractivity contribution is -0.0987. The van der Waals surface area contributed by atoms with Gasteiger partial charge in [-0.15, -0.1) is 0 Å². The fourth-order valence-electron chi connectivity index (χ4n) is 2.80. The Morgan fingerprint density at radius 2 is 1.54 bits per heavy atom. The van der Waals surface area contributed by atoms with Crippen molar-refractivity contribution in [3.8, 4) is 0 Å². The molecule has 0 saturated carbocycles. The predicted molar refractivity (Wildman–Crippen MR) is 160 cm³/mol. The van der Waals surface area contributed by atoms with Crippen LogP contribution in [0.25, 0.3) is 0 Å². The lowest BCUT2D eigenvalue weighted by Gasteiger charge is -2.06. The minimum atomic E-state index is -0.519. The summed E-state index contributed by atoms with van der Waals surface area (Å²) in [5.74, 6) is 0.343. The second-order valence-electron chi connectivity index (χ2n) is 6.84. The Morgan fingerprint density at radius 1 is 0.974 bits per heavy atom. The van der Waals surface area contributed by atoms with Crippen LogP contribution in [-0.2, 0) is 14.4 Å². The van der Waals surface area contributed by atoms with E-state index in [1.807, 2.05) is 64.8 Å². The van der Waals surface area contributed by atoms with Gasteiger partial charge in [0.2, 0.25) is 5.91 Å². The number of rotatable bonds is 11. The van der Waals surface area contributed by atoms with Crippen LogP contribution in [0, 0.1) is 6.92 Å². The first-order chi connectivity index (χ1) is 19.0. The molecule has 0 aliphatic carbocycles. The first-order valence-electron chi connectivity index (χ1n) is 12.2. The number of aliphatic hydroxyl groups excluding tert-OH is 1. The summed E-state index contributed by atoms with van der Waals surface area (Å²) in [5, 5.41) is 14.3. The van der Waals surface area contributed by atoms with Gasteiger partial charge in [0.15, 0.2) is 5.84 Å². The predicted octanol–water partition coefficient (Wildman–Crippen LogP) is 2.51. The third-order valence-corrected chi connectivity index (χ3v) is 4.43. The summed E-state index contributed by atoms with van der Waals surface area (Å²) in [7, 11) is 2.51. The molecule has 6 N–H and O–H groups in total. The number of oxime groups is 1. The number of carbonyl (C=O) groups is 3. The number of hydrogen-bond donors (Lipinski definition) is 4. The molecular weight excluding hydrogens is 500 g/mol. The van der Waals surface area contributed by atoms with E-state index in [0.717, 1.165) is 32.1 Å². The molecule has 2 rings (SSSR count). The van der Waals surface area contributed by atoms with Gasteiger partial charge in [-0.2, -0.15) is 0 Å². The molecule has 2 aromatic carbocycles. The molecular formula is C28H44N6O5. The van der Waals surface area contributed by atoms with Crippen molar-refractivity contribution in [3.05, 3.63) is 70.8 Å². The van der Waals surface area contributed by atoms with Crippen molar-refractivity contribution in [2.24, 2.45) is 26.6 Å². The quantitative estimate of drug-likeness (QED) is 0.145. The highest BCUT2D eigenvalue weighted by Gasteiger charge is 2.09. The second kappa shape index (κ2) is 28.4. The van der Waals surface area contributed by atoms with Crippen LogP contribution < -0.4 is 16.8 Å². The second-order valence-corrected chi connectivity index (χ2v) is 6.84. The molecule has 0 aliphatic rings. The van der Waals surface area contributed by atoms with Crippen LogP contribution in [-0.4, -0.2) is 76.3 Å². The number of nitrogens with two attached hydrogens (primary N) is 2. The van der Waals surface area contributed by atoms with Gasteiger partial charge in [0.1, 0.15) is 26.5 Å². The smallest absolute Gasteiger partial charge is 0.249 e.